The van der Waals surface area contributed by atoms with E-state index in [2.05, 4.69) is 20.8 Å². The highest BCUT2D eigenvalue weighted by atomic mass is 32.2. The molecule has 3 aromatic rings. The van der Waals surface area contributed by atoms with E-state index in [1.165, 1.54) is 17.8 Å². The van der Waals surface area contributed by atoms with Gasteiger partial charge in [-0.2, -0.15) is 0 Å². The molecule has 0 spiro atoms. The number of benzene rings is 2. The zero-order valence-corrected chi connectivity index (χ0v) is 18.5. The third-order valence-electron chi connectivity index (χ3n) is 4.50. The third-order valence-corrected chi connectivity index (χ3v) is 5.42. The van der Waals surface area contributed by atoms with Gasteiger partial charge in [0.2, 0.25) is 0 Å². The lowest BCUT2D eigenvalue weighted by Gasteiger charge is -2.09. The zero-order valence-electron chi connectivity index (χ0n) is 17.7. The van der Waals surface area contributed by atoms with Gasteiger partial charge in [-0.1, -0.05) is 36.0 Å². The summed E-state index contributed by atoms with van der Waals surface area (Å²) in [6.07, 6.45) is 0. The molecule has 9 nitrogen and oxygen atoms in total. The van der Waals surface area contributed by atoms with Crippen LogP contribution >= 0.6 is 11.8 Å². The lowest BCUT2D eigenvalue weighted by Crippen LogP contribution is -2.41. The van der Waals surface area contributed by atoms with Gasteiger partial charge in [-0.05, 0) is 50.6 Å². The fourth-order valence-electron chi connectivity index (χ4n) is 3.00. The number of nitrogens with one attached hydrogen (secondary N) is 2. The van der Waals surface area contributed by atoms with Gasteiger partial charge < -0.3 is 0 Å². The number of para-hydroxylation sites is 1. The van der Waals surface area contributed by atoms with E-state index in [-0.39, 0.29) is 11.3 Å². The Kier molecular flexibility index (Phi) is 7.16. The van der Waals surface area contributed by atoms with Crippen molar-refractivity contribution in [3.63, 3.8) is 0 Å². The number of hydrogen-bond acceptors (Lipinski definition) is 7. The smallest absolute Gasteiger partial charge is 0.267 e. The molecule has 0 aliphatic rings. The first-order valence-corrected chi connectivity index (χ1v) is 10.6. The lowest BCUT2D eigenvalue weighted by atomic mass is 10.1. The Hall–Kier alpha value is -3.79. The maximum Gasteiger partial charge on any atom is 0.285 e. The second-order valence-electron chi connectivity index (χ2n) is 7.06. The minimum atomic E-state index is -0.768. The molecule has 0 fully saturated rings. The minimum Gasteiger partial charge on any atom is -0.267 e. The zero-order chi connectivity index (χ0) is 23.3. The molecule has 0 saturated carbocycles. The molecule has 164 valence electrons. The molecule has 0 bridgehead atoms. The van der Waals surface area contributed by atoms with Crippen LogP contribution in [-0.2, 0) is 5.75 Å². The van der Waals surface area contributed by atoms with Gasteiger partial charge in [-0.3, -0.25) is 30.6 Å². The first-order chi connectivity index (χ1) is 15.2. The van der Waals surface area contributed by atoms with Crippen LogP contribution in [0.1, 0.15) is 43.2 Å². The largest absolute Gasteiger partial charge is 0.285 e. The van der Waals surface area contributed by atoms with E-state index in [0.29, 0.717) is 22.0 Å². The fourth-order valence-corrected chi connectivity index (χ4v) is 3.90. The van der Waals surface area contributed by atoms with E-state index in [4.69, 9.17) is 0 Å². The predicted octanol–water partition coefficient (Wildman–Crippen LogP) is 3.68. The quantitative estimate of drug-likeness (QED) is 0.253. The van der Waals surface area contributed by atoms with Crippen LogP contribution in [0.2, 0.25) is 0 Å². The number of hydrogen-bond donors (Lipinski definition) is 2. The Balaban J connectivity index is 1.59. The van der Waals surface area contributed by atoms with Gasteiger partial charge in [-0.15, -0.1) is 0 Å². The number of nitro groups is 1. The summed E-state index contributed by atoms with van der Waals surface area (Å²) < 4.78 is 0. The van der Waals surface area contributed by atoms with Crippen molar-refractivity contribution in [1.29, 1.82) is 0 Å². The summed E-state index contributed by atoms with van der Waals surface area (Å²) in [6.45, 7) is 5.38. The van der Waals surface area contributed by atoms with Gasteiger partial charge in [0.1, 0.15) is 5.56 Å². The Morgan fingerprint density at radius 2 is 1.59 bits per heavy atom. The van der Waals surface area contributed by atoms with Gasteiger partial charge in [0, 0.05) is 28.3 Å². The van der Waals surface area contributed by atoms with Crippen LogP contribution in [-0.4, -0.2) is 26.7 Å². The van der Waals surface area contributed by atoms with Crippen LogP contribution in [0.15, 0.2) is 53.7 Å². The molecular weight excluding hydrogens is 430 g/mol. The molecule has 0 unspecified atom stereocenters. The van der Waals surface area contributed by atoms with E-state index < -0.39 is 16.7 Å². The van der Waals surface area contributed by atoms with Crippen molar-refractivity contribution in [3.8, 4) is 0 Å². The normalized spacial score (nSPS) is 10.5. The topological polar surface area (TPSA) is 127 Å². The number of amides is 2. The Morgan fingerprint density at radius 3 is 2.22 bits per heavy atom. The molecular formula is C22H21N5O4S. The third kappa shape index (κ3) is 5.67. The summed E-state index contributed by atoms with van der Waals surface area (Å²) in [5.74, 6) is -0.667. The highest BCUT2D eigenvalue weighted by Gasteiger charge is 2.22. The standard InChI is InChI=1S/C22H21N5O4S/c1-13-5-4-6-18(19(13)27(30)31)21(29)26-25-20(28)17-9-7-16(8-10-17)12-32-22-23-14(2)11-15(3)24-22/h4-11H,12H2,1-3H3,(H,25,28)(H,26,29). The Bertz CT molecular complexity index is 1160. The molecule has 0 atom stereocenters. The van der Waals surface area contributed by atoms with Gasteiger partial charge in [0.25, 0.3) is 17.5 Å². The number of carbonyl (C=O) groups is 2. The predicted molar refractivity (Wildman–Crippen MR) is 120 cm³/mol. The molecule has 32 heavy (non-hydrogen) atoms. The summed E-state index contributed by atoms with van der Waals surface area (Å²) >= 11 is 1.50. The summed E-state index contributed by atoms with van der Waals surface area (Å²) in [5.41, 5.74) is 7.57. The monoisotopic (exact) mass is 451 g/mol. The molecule has 2 N–H and O–H groups in total. The summed E-state index contributed by atoms with van der Waals surface area (Å²) in [4.78, 5) is 44.1. The molecule has 1 aromatic heterocycles. The number of thioether (sulfide) groups is 1. The van der Waals surface area contributed by atoms with Gasteiger partial charge >= 0.3 is 0 Å². The highest BCUT2D eigenvalue weighted by Crippen LogP contribution is 2.23. The van der Waals surface area contributed by atoms with Crippen molar-refractivity contribution < 1.29 is 14.5 Å². The fraction of sp³-hybridized carbons (Fsp3) is 0.182. The van der Waals surface area contributed by atoms with E-state index in [1.807, 2.05) is 19.9 Å². The molecule has 3 rings (SSSR count). The Labute approximate surface area is 188 Å². The molecule has 2 aromatic carbocycles. The molecule has 0 radical (unpaired) electrons. The summed E-state index contributed by atoms with van der Waals surface area (Å²) in [7, 11) is 0. The van der Waals surface area contributed by atoms with Gasteiger partial charge in [0.15, 0.2) is 5.16 Å². The maximum atomic E-state index is 12.3. The summed E-state index contributed by atoms with van der Waals surface area (Å²) in [5, 5.41) is 11.9. The number of hydrazine groups is 1. The maximum absolute atomic E-state index is 12.3. The molecule has 10 heteroatoms. The SMILES string of the molecule is Cc1cc(C)nc(SCc2ccc(C(=O)NNC(=O)c3cccc(C)c3[N+](=O)[O-])cc2)n1. The van der Waals surface area contributed by atoms with Crippen molar-refractivity contribution in [2.75, 3.05) is 0 Å². The average Bonchev–Trinajstić information content (AvgIpc) is 2.75. The first-order valence-electron chi connectivity index (χ1n) is 9.63. The number of nitro benzene ring substituents is 1. The van der Waals surface area contributed by atoms with Crippen LogP contribution in [0.5, 0.6) is 0 Å². The molecule has 0 saturated heterocycles. The van der Waals surface area contributed by atoms with E-state index in [9.17, 15) is 19.7 Å². The van der Waals surface area contributed by atoms with Crippen molar-refractivity contribution in [3.05, 3.63) is 92.3 Å². The van der Waals surface area contributed by atoms with Crippen molar-refractivity contribution in [2.24, 2.45) is 0 Å². The first kappa shape index (κ1) is 22.9. The van der Waals surface area contributed by atoms with Crippen LogP contribution in [0.25, 0.3) is 0 Å². The van der Waals surface area contributed by atoms with Crippen LogP contribution in [0, 0.1) is 30.9 Å². The lowest BCUT2D eigenvalue weighted by molar-refractivity contribution is -0.385. The molecule has 2 amide bonds. The van der Waals surface area contributed by atoms with Gasteiger partial charge in [-0.25, -0.2) is 9.97 Å². The number of carbonyl (C=O) groups excluding carboxylic acids is 2. The van der Waals surface area contributed by atoms with E-state index in [1.54, 1.807) is 43.3 Å². The van der Waals surface area contributed by atoms with E-state index >= 15 is 0 Å². The van der Waals surface area contributed by atoms with Crippen LogP contribution < -0.4 is 10.9 Å². The highest BCUT2D eigenvalue weighted by molar-refractivity contribution is 7.98. The van der Waals surface area contributed by atoms with Crippen molar-refractivity contribution in [2.45, 2.75) is 31.7 Å². The number of rotatable bonds is 6. The molecule has 0 aliphatic carbocycles. The Morgan fingerprint density at radius 1 is 0.969 bits per heavy atom. The second-order valence-corrected chi connectivity index (χ2v) is 8.00. The average molecular weight is 452 g/mol. The van der Waals surface area contributed by atoms with Gasteiger partial charge in [0.05, 0.1) is 4.92 Å². The number of aromatic nitrogens is 2. The number of aryl methyl sites for hydroxylation is 3. The van der Waals surface area contributed by atoms with Crippen molar-refractivity contribution >= 4 is 29.3 Å². The molecule has 1 heterocycles. The van der Waals surface area contributed by atoms with Crippen molar-refractivity contribution in [1.82, 2.24) is 20.8 Å². The summed E-state index contributed by atoms with van der Waals surface area (Å²) in [6, 6.07) is 13.2. The second kappa shape index (κ2) is 10.0. The van der Waals surface area contributed by atoms with Crippen LogP contribution in [0.3, 0.4) is 0 Å². The molecule has 0 aliphatic heterocycles. The van der Waals surface area contributed by atoms with Crippen LogP contribution in [0.4, 0.5) is 5.69 Å². The minimum absolute atomic E-state index is 0.128. The number of nitrogens with zero attached hydrogens (tertiary/aromatic N) is 3. The van der Waals surface area contributed by atoms with E-state index in [0.717, 1.165) is 17.0 Å².